The predicted octanol–water partition coefficient (Wildman–Crippen LogP) is 4.25. The van der Waals surface area contributed by atoms with E-state index < -0.39 is 0 Å². The standard InChI is InChI=1S/C23H33N5/c1-18-19(2)25-22(21-11-5-6-12-24-21)26-23(18)28-15-9-10-20(17-28)16-27-13-7-3-4-8-14-27/h5-6,11-12,20H,3-4,7-10,13-17H2,1-2H3. The number of aryl methyl sites for hydroxylation is 1. The average molecular weight is 380 g/mol. The number of likely N-dealkylation sites (tertiary alicyclic amines) is 1. The predicted molar refractivity (Wildman–Crippen MR) is 115 cm³/mol. The van der Waals surface area contributed by atoms with E-state index in [1.165, 1.54) is 63.7 Å². The molecule has 2 aliphatic heterocycles. The zero-order valence-corrected chi connectivity index (χ0v) is 17.4. The number of nitrogens with zero attached hydrogens (tertiary/aromatic N) is 5. The topological polar surface area (TPSA) is 45.2 Å². The Labute approximate surface area is 169 Å². The first kappa shape index (κ1) is 19.3. The number of hydrogen-bond donors (Lipinski definition) is 0. The van der Waals surface area contributed by atoms with Crippen LogP contribution in [0.1, 0.15) is 49.8 Å². The van der Waals surface area contributed by atoms with E-state index in [9.17, 15) is 0 Å². The van der Waals surface area contributed by atoms with E-state index in [-0.39, 0.29) is 0 Å². The Morgan fingerprint density at radius 3 is 2.54 bits per heavy atom. The minimum Gasteiger partial charge on any atom is -0.356 e. The number of piperidine rings is 1. The molecule has 0 radical (unpaired) electrons. The molecule has 0 N–H and O–H groups in total. The van der Waals surface area contributed by atoms with Crippen molar-refractivity contribution in [3.63, 3.8) is 0 Å². The van der Waals surface area contributed by atoms with Crippen LogP contribution in [-0.2, 0) is 0 Å². The molecule has 0 spiro atoms. The molecule has 0 aliphatic carbocycles. The normalized spacial score (nSPS) is 21.5. The van der Waals surface area contributed by atoms with Gasteiger partial charge in [-0.2, -0.15) is 0 Å². The zero-order chi connectivity index (χ0) is 19.3. The van der Waals surface area contributed by atoms with Crippen LogP contribution in [0.5, 0.6) is 0 Å². The highest BCUT2D eigenvalue weighted by molar-refractivity contribution is 5.57. The van der Waals surface area contributed by atoms with Gasteiger partial charge in [0.1, 0.15) is 11.5 Å². The van der Waals surface area contributed by atoms with Crippen molar-refractivity contribution in [2.24, 2.45) is 5.92 Å². The van der Waals surface area contributed by atoms with E-state index >= 15 is 0 Å². The lowest BCUT2D eigenvalue weighted by molar-refractivity contribution is 0.222. The van der Waals surface area contributed by atoms with Crippen LogP contribution in [0, 0.1) is 19.8 Å². The Morgan fingerprint density at radius 2 is 1.79 bits per heavy atom. The third-order valence-corrected chi connectivity index (χ3v) is 6.29. The summed E-state index contributed by atoms with van der Waals surface area (Å²) in [6.07, 6.45) is 9.95. The average Bonchev–Trinajstić information content (AvgIpc) is 2.99. The number of rotatable bonds is 4. The fraction of sp³-hybridized carbons (Fsp3) is 0.609. The molecule has 2 aromatic heterocycles. The highest BCUT2D eigenvalue weighted by Gasteiger charge is 2.25. The fourth-order valence-electron chi connectivity index (χ4n) is 4.62. The molecule has 0 bridgehead atoms. The van der Waals surface area contributed by atoms with Crippen LogP contribution in [-0.4, -0.2) is 52.6 Å². The van der Waals surface area contributed by atoms with Crippen LogP contribution in [0.4, 0.5) is 5.82 Å². The number of aromatic nitrogens is 3. The van der Waals surface area contributed by atoms with Crippen LogP contribution in [0.15, 0.2) is 24.4 Å². The molecule has 1 atom stereocenters. The quantitative estimate of drug-likeness (QED) is 0.795. The molecular weight excluding hydrogens is 346 g/mol. The van der Waals surface area contributed by atoms with Crippen LogP contribution in [0.2, 0.25) is 0 Å². The monoisotopic (exact) mass is 379 g/mol. The second-order valence-electron chi connectivity index (χ2n) is 8.47. The van der Waals surface area contributed by atoms with Gasteiger partial charge < -0.3 is 9.80 Å². The molecule has 2 aromatic rings. The Balaban J connectivity index is 1.52. The van der Waals surface area contributed by atoms with Gasteiger partial charge in [0.25, 0.3) is 0 Å². The maximum absolute atomic E-state index is 4.96. The van der Waals surface area contributed by atoms with Gasteiger partial charge >= 0.3 is 0 Å². The Hall–Kier alpha value is -2.01. The van der Waals surface area contributed by atoms with Crippen molar-refractivity contribution >= 4 is 5.82 Å². The van der Waals surface area contributed by atoms with Crippen LogP contribution in [0.3, 0.4) is 0 Å². The highest BCUT2D eigenvalue weighted by Crippen LogP contribution is 2.28. The van der Waals surface area contributed by atoms with Crippen molar-refractivity contribution in [1.29, 1.82) is 0 Å². The summed E-state index contributed by atoms with van der Waals surface area (Å²) in [5.41, 5.74) is 3.11. The van der Waals surface area contributed by atoms with Gasteiger partial charge in [0.05, 0.1) is 0 Å². The summed E-state index contributed by atoms with van der Waals surface area (Å²) in [5.74, 6) is 2.59. The minimum atomic E-state index is 0.736. The first-order valence-electron chi connectivity index (χ1n) is 10.9. The molecule has 2 aliphatic rings. The number of hydrogen-bond acceptors (Lipinski definition) is 5. The lowest BCUT2D eigenvalue weighted by Gasteiger charge is -2.37. The first-order valence-corrected chi connectivity index (χ1v) is 10.9. The summed E-state index contributed by atoms with van der Waals surface area (Å²) >= 11 is 0. The Kier molecular flexibility index (Phi) is 6.20. The lowest BCUT2D eigenvalue weighted by atomic mass is 9.96. The molecular formula is C23H33N5. The van der Waals surface area contributed by atoms with Crippen molar-refractivity contribution in [1.82, 2.24) is 19.9 Å². The van der Waals surface area contributed by atoms with Gasteiger partial charge in [-0.25, -0.2) is 9.97 Å². The summed E-state index contributed by atoms with van der Waals surface area (Å²) in [7, 11) is 0. The van der Waals surface area contributed by atoms with Crippen molar-refractivity contribution in [3.05, 3.63) is 35.7 Å². The van der Waals surface area contributed by atoms with Crippen LogP contribution >= 0.6 is 0 Å². The number of anilines is 1. The summed E-state index contributed by atoms with van der Waals surface area (Å²) in [5, 5.41) is 0. The SMILES string of the molecule is Cc1nc(-c2ccccn2)nc(N2CCCC(CN3CCCCCC3)C2)c1C. The second-order valence-corrected chi connectivity index (χ2v) is 8.47. The van der Waals surface area contributed by atoms with E-state index in [1.54, 1.807) is 0 Å². The molecule has 4 heterocycles. The molecule has 0 saturated carbocycles. The van der Waals surface area contributed by atoms with Crippen molar-refractivity contribution in [2.45, 2.75) is 52.4 Å². The smallest absolute Gasteiger partial charge is 0.180 e. The van der Waals surface area contributed by atoms with Gasteiger partial charge in [-0.3, -0.25) is 4.98 Å². The summed E-state index contributed by atoms with van der Waals surface area (Å²) in [4.78, 5) is 19.3. The van der Waals surface area contributed by atoms with Gasteiger partial charge in [0.2, 0.25) is 0 Å². The van der Waals surface area contributed by atoms with Crippen LogP contribution in [0.25, 0.3) is 11.5 Å². The molecule has 2 fully saturated rings. The van der Waals surface area contributed by atoms with E-state index in [4.69, 9.17) is 9.97 Å². The maximum Gasteiger partial charge on any atom is 0.180 e. The van der Waals surface area contributed by atoms with Gasteiger partial charge in [-0.15, -0.1) is 0 Å². The van der Waals surface area contributed by atoms with Gasteiger partial charge in [0.15, 0.2) is 5.82 Å². The summed E-state index contributed by atoms with van der Waals surface area (Å²) in [6.45, 7) is 10.3. The van der Waals surface area contributed by atoms with Crippen molar-refractivity contribution in [3.8, 4) is 11.5 Å². The van der Waals surface area contributed by atoms with Gasteiger partial charge in [-0.1, -0.05) is 18.9 Å². The summed E-state index contributed by atoms with van der Waals surface area (Å²) in [6, 6.07) is 5.93. The van der Waals surface area contributed by atoms with Gasteiger partial charge in [-0.05, 0) is 70.7 Å². The van der Waals surface area contributed by atoms with E-state index in [2.05, 4.69) is 28.6 Å². The zero-order valence-electron chi connectivity index (χ0n) is 17.4. The van der Waals surface area contributed by atoms with E-state index in [0.29, 0.717) is 0 Å². The largest absolute Gasteiger partial charge is 0.356 e. The van der Waals surface area contributed by atoms with Crippen LogP contribution < -0.4 is 4.90 Å². The fourth-order valence-corrected chi connectivity index (χ4v) is 4.62. The molecule has 28 heavy (non-hydrogen) atoms. The lowest BCUT2D eigenvalue weighted by Crippen LogP contribution is -2.42. The molecule has 150 valence electrons. The summed E-state index contributed by atoms with van der Waals surface area (Å²) < 4.78 is 0. The third-order valence-electron chi connectivity index (χ3n) is 6.29. The van der Waals surface area contributed by atoms with Gasteiger partial charge in [0, 0.05) is 37.1 Å². The number of pyridine rings is 1. The Bertz CT molecular complexity index is 768. The second kappa shape index (κ2) is 8.99. The molecule has 1 unspecified atom stereocenters. The molecule has 5 nitrogen and oxygen atoms in total. The molecule has 0 amide bonds. The van der Waals surface area contributed by atoms with Crippen molar-refractivity contribution in [2.75, 3.05) is 37.6 Å². The molecule has 0 aromatic carbocycles. The third kappa shape index (κ3) is 4.52. The van der Waals surface area contributed by atoms with Crippen molar-refractivity contribution < 1.29 is 0 Å². The molecule has 2 saturated heterocycles. The molecule has 4 rings (SSSR count). The first-order chi connectivity index (χ1) is 13.7. The molecule has 5 heteroatoms. The Morgan fingerprint density at radius 1 is 0.964 bits per heavy atom. The van der Waals surface area contributed by atoms with E-state index in [1.807, 2.05) is 24.4 Å². The highest BCUT2D eigenvalue weighted by atomic mass is 15.2. The minimum absolute atomic E-state index is 0.736. The maximum atomic E-state index is 4.96. The van der Waals surface area contributed by atoms with E-state index in [0.717, 1.165) is 42.0 Å².